The second-order valence-corrected chi connectivity index (χ2v) is 11.1. The van der Waals surface area contributed by atoms with Crippen LogP contribution in [-0.2, 0) is 9.53 Å². The number of nitrogens with zero attached hydrogens (tertiary/aromatic N) is 3. The number of hydrogen-bond donors (Lipinski definition) is 0. The van der Waals surface area contributed by atoms with Gasteiger partial charge in [-0.3, -0.25) is 9.69 Å². The molecule has 7 heteroatoms. The highest BCUT2D eigenvalue weighted by molar-refractivity contribution is 6.32. The SMILES string of the molecule is COc1cc(N2CCN3C(CCC[C@@H]3C3C=CC(OCCCC(=O)N(C)C)=C(C)C3C)C2)ccc1Cl. The molecule has 1 aliphatic carbocycles. The number of piperazine rings is 1. The van der Waals surface area contributed by atoms with Gasteiger partial charge in [-0.1, -0.05) is 31.0 Å². The molecule has 2 aliphatic heterocycles. The molecule has 2 fully saturated rings. The molecule has 6 nitrogen and oxygen atoms in total. The van der Waals surface area contributed by atoms with Crippen molar-refractivity contribution in [2.45, 2.75) is 58.0 Å². The van der Waals surface area contributed by atoms with Crippen LogP contribution in [0.15, 0.2) is 41.7 Å². The molecule has 36 heavy (non-hydrogen) atoms. The lowest BCUT2D eigenvalue weighted by atomic mass is 9.75. The number of fused-ring (bicyclic) bond motifs is 1. The van der Waals surface area contributed by atoms with Crippen LogP contribution >= 0.6 is 11.6 Å². The summed E-state index contributed by atoms with van der Waals surface area (Å²) in [5.74, 6) is 2.82. The summed E-state index contributed by atoms with van der Waals surface area (Å²) >= 11 is 6.26. The van der Waals surface area contributed by atoms with Gasteiger partial charge in [0.05, 0.1) is 18.7 Å². The second kappa shape index (κ2) is 11.9. The fourth-order valence-corrected chi connectivity index (χ4v) is 6.24. The van der Waals surface area contributed by atoms with Gasteiger partial charge in [0, 0.05) is 64.0 Å². The van der Waals surface area contributed by atoms with Gasteiger partial charge in [-0.05, 0) is 61.8 Å². The van der Waals surface area contributed by atoms with Crippen molar-refractivity contribution in [1.29, 1.82) is 0 Å². The molecule has 3 aliphatic rings. The van der Waals surface area contributed by atoms with Crippen molar-refractivity contribution >= 4 is 23.2 Å². The van der Waals surface area contributed by atoms with E-state index >= 15 is 0 Å². The summed E-state index contributed by atoms with van der Waals surface area (Å²) in [5.41, 5.74) is 2.52. The smallest absolute Gasteiger partial charge is 0.222 e. The maximum Gasteiger partial charge on any atom is 0.222 e. The summed E-state index contributed by atoms with van der Waals surface area (Å²) in [5, 5.41) is 0.657. The molecule has 198 valence electrons. The average Bonchev–Trinajstić information content (AvgIpc) is 2.88. The third kappa shape index (κ3) is 5.86. The Balaban J connectivity index is 1.36. The molecule has 2 saturated heterocycles. The largest absolute Gasteiger partial charge is 0.495 e. The van der Waals surface area contributed by atoms with Crippen LogP contribution < -0.4 is 9.64 Å². The first-order valence-corrected chi connectivity index (χ1v) is 13.7. The number of carbonyl (C=O) groups excluding carboxylic acids is 1. The van der Waals surface area contributed by atoms with Crippen molar-refractivity contribution in [3.8, 4) is 5.75 Å². The summed E-state index contributed by atoms with van der Waals surface area (Å²) in [6.45, 7) is 8.27. The molecule has 1 amide bonds. The van der Waals surface area contributed by atoms with Crippen LogP contribution in [0.5, 0.6) is 5.75 Å². The number of benzene rings is 1. The third-order valence-electron chi connectivity index (χ3n) is 8.35. The van der Waals surface area contributed by atoms with Gasteiger partial charge < -0.3 is 19.3 Å². The molecule has 2 heterocycles. The highest BCUT2D eigenvalue weighted by atomic mass is 35.5. The summed E-state index contributed by atoms with van der Waals surface area (Å²) in [7, 11) is 5.27. The van der Waals surface area contributed by atoms with Crippen LogP contribution in [0.25, 0.3) is 0 Å². The molecule has 0 spiro atoms. The van der Waals surface area contributed by atoms with E-state index in [1.807, 2.05) is 6.07 Å². The van der Waals surface area contributed by atoms with Crippen molar-refractivity contribution in [2.75, 3.05) is 52.3 Å². The minimum Gasteiger partial charge on any atom is -0.495 e. The van der Waals surface area contributed by atoms with E-state index in [0.717, 1.165) is 37.6 Å². The fourth-order valence-electron chi connectivity index (χ4n) is 6.05. The lowest BCUT2D eigenvalue weighted by Gasteiger charge is -2.52. The molecule has 0 radical (unpaired) electrons. The molecule has 0 saturated carbocycles. The van der Waals surface area contributed by atoms with E-state index in [1.165, 1.54) is 30.5 Å². The molecule has 3 unspecified atom stereocenters. The normalized spacial score (nSPS) is 26.6. The van der Waals surface area contributed by atoms with Gasteiger partial charge in [0.25, 0.3) is 0 Å². The predicted molar refractivity (Wildman–Crippen MR) is 147 cm³/mol. The maximum atomic E-state index is 11.8. The quantitative estimate of drug-likeness (QED) is 0.435. The van der Waals surface area contributed by atoms with Crippen molar-refractivity contribution < 1.29 is 14.3 Å². The Morgan fingerprint density at radius 3 is 2.78 bits per heavy atom. The van der Waals surface area contributed by atoms with E-state index in [-0.39, 0.29) is 5.91 Å². The van der Waals surface area contributed by atoms with E-state index in [4.69, 9.17) is 21.1 Å². The van der Waals surface area contributed by atoms with Crippen molar-refractivity contribution in [2.24, 2.45) is 11.8 Å². The topological polar surface area (TPSA) is 45.3 Å². The third-order valence-corrected chi connectivity index (χ3v) is 8.66. The standard InChI is InChI=1S/C29H42ClN3O3/c1-20-21(2)27(36-17-7-10-29(34)31(3)4)14-12-24(20)26-9-6-8-23-19-32(15-16-33(23)26)22-11-13-25(30)28(18-22)35-5/h11-14,18,20,23-24,26H,6-10,15-17,19H2,1-5H3/t20?,23?,24?,26-/m1/s1. The Hall–Kier alpha value is -2.18. The Morgan fingerprint density at radius 1 is 1.22 bits per heavy atom. The molecule has 1 aromatic rings. The van der Waals surface area contributed by atoms with Crippen molar-refractivity contribution in [3.05, 3.63) is 46.7 Å². The van der Waals surface area contributed by atoms with E-state index < -0.39 is 0 Å². The first-order valence-electron chi connectivity index (χ1n) is 13.4. The Bertz CT molecular complexity index is 992. The van der Waals surface area contributed by atoms with E-state index in [2.05, 4.69) is 47.9 Å². The monoisotopic (exact) mass is 515 g/mol. The number of rotatable bonds is 8. The summed E-state index contributed by atoms with van der Waals surface area (Å²) in [6, 6.07) is 7.24. The lowest BCUT2D eigenvalue weighted by molar-refractivity contribution is -0.128. The van der Waals surface area contributed by atoms with Crippen molar-refractivity contribution in [3.63, 3.8) is 0 Å². The number of methoxy groups -OCH3 is 1. The van der Waals surface area contributed by atoms with Gasteiger partial charge in [-0.15, -0.1) is 0 Å². The minimum atomic E-state index is 0.152. The number of halogens is 1. The summed E-state index contributed by atoms with van der Waals surface area (Å²) < 4.78 is 11.6. The van der Waals surface area contributed by atoms with E-state index in [0.29, 0.717) is 42.0 Å². The number of ether oxygens (including phenoxy) is 2. The van der Waals surface area contributed by atoms with Crippen LogP contribution in [0.1, 0.15) is 46.0 Å². The summed E-state index contributed by atoms with van der Waals surface area (Å²) in [4.78, 5) is 18.7. The Labute approximate surface area is 221 Å². The van der Waals surface area contributed by atoms with Crippen LogP contribution in [0.3, 0.4) is 0 Å². The van der Waals surface area contributed by atoms with Crippen LogP contribution in [-0.4, -0.2) is 75.2 Å². The second-order valence-electron chi connectivity index (χ2n) is 10.7. The van der Waals surface area contributed by atoms with Crippen LogP contribution in [0, 0.1) is 11.8 Å². The van der Waals surface area contributed by atoms with Gasteiger partial charge >= 0.3 is 0 Å². The molecular formula is C29H42ClN3O3. The lowest BCUT2D eigenvalue weighted by Crippen LogP contribution is -2.60. The first-order chi connectivity index (χ1) is 17.3. The van der Waals surface area contributed by atoms with Gasteiger partial charge in [0.1, 0.15) is 11.5 Å². The fraction of sp³-hybridized carbons (Fsp3) is 0.621. The Kier molecular flexibility index (Phi) is 8.89. The van der Waals surface area contributed by atoms with Gasteiger partial charge in [-0.2, -0.15) is 0 Å². The zero-order chi connectivity index (χ0) is 25.8. The maximum absolute atomic E-state index is 11.8. The molecule has 1 aromatic carbocycles. The molecule has 0 N–H and O–H groups in total. The van der Waals surface area contributed by atoms with Crippen LogP contribution in [0.4, 0.5) is 5.69 Å². The van der Waals surface area contributed by atoms with Crippen LogP contribution in [0.2, 0.25) is 5.02 Å². The zero-order valence-corrected chi connectivity index (χ0v) is 23.3. The van der Waals surface area contributed by atoms with E-state index in [9.17, 15) is 4.79 Å². The summed E-state index contributed by atoms with van der Waals surface area (Å²) in [6.07, 6.45) is 9.62. The zero-order valence-electron chi connectivity index (χ0n) is 22.5. The van der Waals surface area contributed by atoms with E-state index in [1.54, 1.807) is 26.1 Å². The average molecular weight is 516 g/mol. The molecule has 0 aromatic heterocycles. The highest BCUT2D eigenvalue weighted by Crippen LogP contribution is 2.40. The highest BCUT2D eigenvalue weighted by Gasteiger charge is 2.40. The molecule has 4 rings (SSSR count). The minimum absolute atomic E-state index is 0.152. The molecule has 0 bridgehead atoms. The first kappa shape index (κ1) is 26.9. The van der Waals surface area contributed by atoms with Gasteiger partial charge in [0.2, 0.25) is 5.91 Å². The number of anilines is 1. The molecular weight excluding hydrogens is 474 g/mol. The van der Waals surface area contributed by atoms with Gasteiger partial charge in [0.15, 0.2) is 0 Å². The number of carbonyl (C=O) groups is 1. The number of piperidine rings is 1. The molecule has 4 atom stereocenters. The Morgan fingerprint density at radius 2 is 2.03 bits per heavy atom. The number of amides is 1. The number of allylic oxidation sites excluding steroid dienone is 2. The number of hydrogen-bond acceptors (Lipinski definition) is 5. The van der Waals surface area contributed by atoms with Crippen molar-refractivity contribution in [1.82, 2.24) is 9.80 Å². The van der Waals surface area contributed by atoms with Gasteiger partial charge in [-0.25, -0.2) is 0 Å². The predicted octanol–water partition coefficient (Wildman–Crippen LogP) is 5.37.